The van der Waals surface area contributed by atoms with Crippen LogP contribution in [-0.4, -0.2) is 109 Å². The molecule has 0 saturated carbocycles. The molecule has 5 rings (SSSR count). The summed E-state index contributed by atoms with van der Waals surface area (Å²) in [6.07, 6.45) is 1.16. The Morgan fingerprint density at radius 3 is 1.63 bits per heavy atom. The number of carbonyl (C=O) groups is 5. The summed E-state index contributed by atoms with van der Waals surface area (Å²) in [7, 11) is -3.79. The lowest BCUT2D eigenvalue weighted by Gasteiger charge is -2.31. The van der Waals surface area contributed by atoms with Gasteiger partial charge in [-0.25, -0.2) is 0 Å². The van der Waals surface area contributed by atoms with E-state index >= 15 is 0 Å². The minimum atomic E-state index is -3.79. The first kappa shape index (κ1) is 52.5. The number of Topliss-reactive ketones (excluding diaryl/α,β-unsaturated/α-hetero) is 1. The number of benzene rings is 4. The summed E-state index contributed by atoms with van der Waals surface area (Å²) in [6.45, 7) is 10.5. The molecule has 0 radical (unpaired) electrons. The second-order valence-electron chi connectivity index (χ2n) is 18.3. The molecular formula is C52H68N5O9P. The summed E-state index contributed by atoms with van der Waals surface area (Å²) >= 11 is 0. The molecule has 4 aromatic carbocycles. The molecular weight excluding hydrogens is 870 g/mol. The molecule has 1 aliphatic rings. The minimum Gasteiger partial charge on any atom is -0.380 e. The van der Waals surface area contributed by atoms with Gasteiger partial charge in [0.15, 0.2) is 5.78 Å². The molecule has 5 N–H and O–H groups in total. The Hall–Kier alpha value is -5.50. The van der Waals surface area contributed by atoms with Gasteiger partial charge in [-0.1, -0.05) is 125 Å². The van der Waals surface area contributed by atoms with E-state index < -0.39 is 67.2 Å². The second kappa shape index (κ2) is 25.6. The van der Waals surface area contributed by atoms with Gasteiger partial charge in [-0.2, -0.15) is 0 Å². The number of rotatable bonds is 25. The van der Waals surface area contributed by atoms with Gasteiger partial charge in [0.25, 0.3) is 7.37 Å². The monoisotopic (exact) mass is 937 g/mol. The van der Waals surface area contributed by atoms with E-state index in [1.54, 1.807) is 60.7 Å². The highest BCUT2D eigenvalue weighted by Gasteiger charge is 2.41. The van der Waals surface area contributed by atoms with Crippen LogP contribution < -0.4 is 31.9 Å². The zero-order valence-corrected chi connectivity index (χ0v) is 40.3. The summed E-state index contributed by atoms with van der Waals surface area (Å²) in [5.74, 6) is -3.10. The van der Waals surface area contributed by atoms with Crippen molar-refractivity contribution in [2.75, 3.05) is 39.5 Å². The molecule has 4 aromatic rings. The highest BCUT2D eigenvalue weighted by atomic mass is 31.2. The van der Waals surface area contributed by atoms with Crippen molar-refractivity contribution in [1.29, 1.82) is 0 Å². The number of ketones is 1. The molecule has 14 nitrogen and oxygen atoms in total. The first-order valence-electron chi connectivity index (χ1n) is 23.2. The topological polar surface area (TPSA) is 192 Å². The Labute approximate surface area is 395 Å². The maximum Gasteiger partial charge on any atom is 0.261 e. The second-order valence-corrected chi connectivity index (χ2v) is 20.7. The predicted molar refractivity (Wildman–Crippen MR) is 260 cm³/mol. The third kappa shape index (κ3) is 16.4. The molecule has 15 heteroatoms. The van der Waals surface area contributed by atoms with Crippen LogP contribution >= 0.6 is 7.37 Å². The molecule has 5 atom stereocenters. The van der Waals surface area contributed by atoms with Crippen molar-refractivity contribution in [3.63, 3.8) is 0 Å². The van der Waals surface area contributed by atoms with Crippen molar-refractivity contribution in [2.45, 2.75) is 96.5 Å². The molecule has 0 aliphatic carbocycles. The molecule has 0 spiro atoms. The molecule has 1 heterocycles. The van der Waals surface area contributed by atoms with Crippen molar-refractivity contribution in [3.8, 4) is 0 Å². The van der Waals surface area contributed by atoms with Crippen LogP contribution in [0.25, 0.3) is 0 Å². The number of hydrogen-bond donors (Lipinski definition) is 5. The van der Waals surface area contributed by atoms with Crippen molar-refractivity contribution < 1.29 is 42.9 Å². The van der Waals surface area contributed by atoms with Gasteiger partial charge in [0, 0.05) is 30.1 Å². The molecule has 4 amide bonds. The highest BCUT2D eigenvalue weighted by Crippen LogP contribution is 2.45. The quantitative estimate of drug-likeness (QED) is 0.0592. The van der Waals surface area contributed by atoms with E-state index in [2.05, 4.69) is 21.3 Å². The lowest BCUT2D eigenvalue weighted by molar-refractivity contribution is -0.143. The number of aryl methyl sites for hydroxylation is 1. The first-order chi connectivity index (χ1) is 32.0. The number of nitrogens with one attached hydrogen (secondary N) is 4. The third-order valence-electron chi connectivity index (χ3n) is 11.5. The third-order valence-corrected chi connectivity index (χ3v) is 14.0. The zero-order valence-electron chi connectivity index (χ0n) is 39.4. The molecule has 1 saturated heterocycles. The van der Waals surface area contributed by atoms with E-state index in [4.69, 9.17) is 9.26 Å². The van der Waals surface area contributed by atoms with Gasteiger partial charge in [-0.05, 0) is 79.8 Å². The molecule has 1 aliphatic heterocycles. The van der Waals surface area contributed by atoms with E-state index in [0.29, 0.717) is 43.3 Å². The fraction of sp³-hybridized carbons (Fsp3) is 0.442. The van der Waals surface area contributed by atoms with Crippen molar-refractivity contribution in [1.82, 2.24) is 26.2 Å². The average molecular weight is 938 g/mol. The SMILES string of the molecule is CC(C)CC(NC(=O)[C@H](CCc1ccccc1)NC(=O)CN1CCOCC1)C(=O)N[C@@H](Cc1ccccc1)C(=O)NC(CC(C)C)C(=O)C(C)(O)COP(=O)(c1ccccc1)c1ccccc1. The number of carbonyl (C=O) groups excluding carboxylic acids is 5. The van der Waals surface area contributed by atoms with E-state index in [9.17, 15) is 33.6 Å². The van der Waals surface area contributed by atoms with Crippen LogP contribution in [0.4, 0.5) is 0 Å². The summed E-state index contributed by atoms with van der Waals surface area (Å²) in [5, 5.41) is 24.1. The van der Waals surface area contributed by atoms with Gasteiger partial charge in [-0.3, -0.25) is 33.4 Å². The standard InChI is InChI=1S/C52H68N5O9P/c1-37(2)32-44(48(59)52(5,63)36-66-67(64,41-22-14-8-15-23-41)42-24-16-9-17-25-42)54-51(62)46(34-40-20-12-7-13-21-40)56-50(61)45(33-38(3)4)55-49(60)43(27-26-39-18-10-6-11-19-39)53-47(58)35-57-28-30-65-31-29-57/h6-25,37-38,43-46,63H,26-36H2,1-5H3,(H,53,58)(H,54,62)(H,55,60)(H,56,61)/t43-,44?,45?,46-,52?/m0/s1. The molecule has 1 fully saturated rings. The molecule has 67 heavy (non-hydrogen) atoms. The summed E-state index contributed by atoms with van der Waals surface area (Å²) in [4.78, 5) is 72.8. The van der Waals surface area contributed by atoms with Crippen molar-refractivity contribution in [3.05, 3.63) is 132 Å². The van der Waals surface area contributed by atoms with Crippen LogP contribution in [0, 0.1) is 11.8 Å². The Morgan fingerprint density at radius 1 is 0.642 bits per heavy atom. The predicted octanol–water partition coefficient (Wildman–Crippen LogP) is 4.49. The van der Waals surface area contributed by atoms with Gasteiger partial charge >= 0.3 is 0 Å². The van der Waals surface area contributed by atoms with Crippen LogP contribution in [0.3, 0.4) is 0 Å². The largest absolute Gasteiger partial charge is 0.380 e. The van der Waals surface area contributed by atoms with Crippen LogP contribution in [0.2, 0.25) is 0 Å². The van der Waals surface area contributed by atoms with Crippen LogP contribution in [-0.2, 0) is 50.6 Å². The molecule has 0 aromatic heterocycles. The maximum atomic E-state index is 14.6. The average Bonchev–Trinajstić information content (AvgIpc) is 3.32. The molecule has 0 bridgehead atoms. The lowest BCUT2D eigenvalue weighted by Crippen LogP contribution is -2.60. The summed E-state index contributed by atoms with van der Waals surface area (Å²) < 4.78 is 26.1. The van der Waals surface area contributed by atoms with Crippen molar-refractivity contribution in [2.24, 2.45) is 11.8 Å². The van der Waals surface area contributed by atoms with Gasteiger partial charge < -0.3 is 35.6 Å². The van der Waals surface area contributed by atoms with Gasteiger partial charge in [-0.15, -0.1) is 0 Å². The number of aliphatic hydroxyl groups is 1. The fourth-order valence-electron chi connectivity index (χ4n) is 7.92. The number of nitrogens with zero attached hydrogens (tertiary/aromatic N) is 1. The zero-order chi connectivity index (χ0) is 48.4. The molecule has 360 valence electrons. The van der Waals surface area contributed by atoms with E-state index in [1.165, 1.54) is 6.92 Å². The van der Waals surface area contributed by atoms with Crippen LogP contribution in [0.5, 0.6) is 0 Å². The Kier molecular flexibility index (Phi) is 20.0. The van der Waals surface area contributed by atoms with E-state index in [1.807, 2.05) is 93.3 Å². The number of hydrogen-bond acceptors (Lipinski definition) is 10. The van der Waals surface area contributed by atoms with Gasteiger partial charge in [0.05, 0.1) is 32.4 Å². The maximum absolute atomic E-state index is 14.6. The Bertz CT molecular complexity index is 2200. The summed E-state index contributed by atoms with van der Waals surface area (Å²) in [6, 6.07) is 31.3. The lowest BCUT2D eigenvalue weighted by atomic mass is 9.90. The normalized spacial score (nSPS) is 15.9. The molecule has 3 unspecified atom stereocenters. The van der Waals surface area contributed by atoms with Crippen LogP contribution in [0.15, 0.2) is 121 Å². The summed E-state index contributed by atoms with van der Waals surface area (Å²) in [5.41, 5.74) is -0.497. The van der Waals surface area contributed by atoms with Crippen LogP contribution in [0.1, 0.15) is 65.0 Å². The fourth-order valence-corrected chi connectivity index (χ4v) is 10.1. The Morgan fingerprint density at radius 2 is 1.09 bits per heavy atom. The van der Waals surface area contributed by atoms with E-state index in [0.717, 1.165) is 11.1 Å². The van der Waals surface area contributed by atoms with E-state index in [-0.39, 0.29) is 50.0 Å². The minimum absolute atomic E-state index is 0.0392. The highest BCUT2D eigenvalue weighted by molar-refractivity contribution is 7.74. The smallest absolute Gasteiger partial charge is 0.261 e. The van der Waals surface area contributed by atoms with Gasteiger partial charge in [0.2, 0.25) is 23.6 Å². The van der Waals surface area contributed by atoms with Gasteiger partial charge in [0.1, 0.15) is 23.7 Å². The number of ether oxygens (including phenoxy) is 1. The number of morpholine rings is 1. The first-order valence-corrected chi connectivity index (χ1v) is 24.9. The number of amides is 4. The van der Waals surface area contributed by atoms with Crippen molar-refractivity contribution >= 4 is 47.4 Å². The Balaban J connectivity index is 1.35.